The number of nitro groups is 1. The lowest BCUT2D eigenvalue weighted by molar-refractivity contribution is -0.388. The lowest BCUT2D eigenvalue weighted by atomic mass is 10.2. The zero-order valence-corrected chi connectivity index (χ0v) is 9.83. The van der Waals surface area contributed by atoms with Crippen LogP contribution >= 0.6 is 0 Å². The van der Waals surface area contributed by atoms with E-state index in [1.807, 2.05) is 0 Å². The van der Waals surface area contributed by atoms with Crippen LogP contribution in [0.5, 0.6) is 0 Å². The van der Waals surface area contributed by atoms with Gasteiger partial charge in [-0.2, -0.15) is 13.2 Å². The highest BCUT2D eigenvalue weighted by molar-refractivity contribution is 7.85. The summed E-state index contributed by atoms with van der Waals surface area (Å²) in [6.45, 7) is 0. The zero-order valence-electron chi connectivity index (χ0n) is 9.01. The molecular formula is C9H6F3NO5S. The second kappa shape index (κ2) is 5.34. The molecule has 0 aliphatic heterocycles. The predicted molar refractivity (Wildman–Crippen MR) is 57.0 cm³/mol. The molecule has 1 N–H and O–H groups in total. The molecule has 0 aliphatic carbocycles. The van der Waals surface area contributed by atoms with Gasteiger partial charge in [0.15, 0.2) is 0 Å². The van der Waals surface area contributed by atoms with Gasteiger partial charge in [-0.05, 0) is 12.1 Å². The highest BCUT2D eigenvalue weighted by Crippen LogP contribution is 2.34. The first-order chi connectivity index (χ1) is 8.62. The van der Waals surface area contributed by atoms with Crippen LogP contribution in [0.1, 0.15) is 5.56 Å². The van der Waals surface area contributed by atoms with Gasteiger partial charge >= 0.3 is 12.1 Å². The molecule has 0 saturated carbocycles. The fourth-order valence-electron chi connectivity index (χ4n) is 1.22. The number of nitro benzene ring substituents is 1. The summed E-state index contributed by atoms with van der Waals surface area (Å²) < 4.78 is 48.6. The summed E-state index contributed by atoms with van der Waals surface area (Å²) in [6, 6.07) is 1.40. The molecular weight excluding hydrogens is 291 g/mol. The van der Waals surface area contributed by atoms with Gasteiger partial charge in [0.25, 0.3) is 5.69 Å². The van der Waals surface area contributed by atoms with Crippen LogP contribution in [0.25, 0.3) is 0 Å². The van der Waals surface area contributed by atoms with E-state index in [-0.39, 0.29) is 6.07 Å². The SMILES string of the molecule is O=C(O)C[S@@](=O)c1ccc(C(F)(F)F)cc1[N+](=O)[O-]. The number of hydrogen-bond acceptors (Lipinski definition) is 4. The van der Waals surface area contributed by atoms with Gasteiger partial charge in [-0.15, -0.1) is 0 Å². The maximum Gasteiger partial charge on any atom is 0.416 e. The number of alkyl halides is 3. The minimum Gasteiger partial charge on any atom is -0.481 e. The number of rotatable bonds is 4. The molecule has 0 spiro atoms. The van der Waals surface area contributed by atoms with Crippen LogP contribution in [-0.4, -0.2) is 26.0 Å². The molecule has 0 amide bonds. The lowest BCUT2D eigenvalue weighted by Crippen LogP contribution is -2.12. The summed E-state index contributed by atoms with van der Waals surface area (Å²) in [5, 5.41) is 19.1. The van der Waals surface area contributed by atoms with E-state index in [0.717, 1.165) is 0 Å². The molecule has 0 unspecified atom stereocenters. The largest absolute Gasteiger partial charge is 0.481 e. The molecule has 0 radical (unpaired) electrons. The molecule has 0 fully saturated rings. The Morgan fingerprint density at radius 3 is 2.42 bits per heavy atom. The Morgan fingerprint density at radius 2 is 2.00 bits per heavy atom. The van der Waals surface area contributed by atoms with E-state index in [1.54, 1.807) is 0 Å². The molecule has 0 bridgehead atoms. The molecule has 1 atom stereocenters. The van der Waals surface area contributed by atoms with E-state index >= 15 is 0 Å². The van der Waals surface area contributed by atoms with Crippen molar-refractivity contribution >= 4 is 22.5 Å². The topological polar surface area (TPSA) is 97.5 Å². The normalized spacial score (nSPS) is 13.0. The third-order valence-corrected chi connectivity index (χ3v) is 3.33. The van der Waals surface area contributed by atoms with Gasteiger partial charge in [0.2, 0.25) is 0 Å². The summed E-state index contributed by atoms with van der Waals surface area (Å²) in [5.74, 6) is -2.40. The van der Waals surface area contributed by atoms with Crippen LogP contribution < -0.4 is 0 Å². The minimum absolute atomic E-state index is 0.231. The van der Waals surface area contributed by atoms with Crippen molar-refractivity contribution in [3.63, 3.8) is 0 Å². The fourth-order valence-corrected chi connectivity index (χ4v) is 2.19. The van der Waals surface area contributed by atoms with Gasteiger partial charge in [-0.3, -0.25) is 19.1 Å². The Bertz CT molecular complexity index is 557. The number of hydrogen-bond donors (Lipinski definition) is 1. The summed E-state index contributed by atoms with van der Waals surface area (Å²) in [5.41, 5.74) is -2.29. The van der Waals surface area contributed by atoms with Crippen molar-refractivity contribution in [2.24, 2.45) is 0 Å². The zero-order chi connectivity index (χ0) is 14.8. The molecule has 0 heterocycles. The standard InChI is InChI=1S/C9H6F3NO5S/c10-9(11,12)5-1-2-7(6(3-5)13(16)17)19(18)4-8(14)15/h1-3H,4H2,(H,14,15)/t19-/m1/s1. The minimum atomic E-state index is -4.78. The van der Waals surface area contributed by atoms with Crippen LogP contribution in [0, 0.1) is 10.1 Å². The smallest absolute Gasteiger partial charge is 0.416 e. The lowest BCUT2D eigenvalue weighted by Gasteiger charge is -2.08. The van der Waals surface area contributed by atoms with Crippen molar-refractivity contribution in [2.45, 2.75) is 11.1 Å². The van der Waals surface area contributed by atoms with Crippen molar-refractivity contribution in [3.05, 3.63) is 33.9 Å². The van der Waals surface area contributed by atoms with Crippen LogP contribution in [0.4, 0.5) is 18.9 Å². The average Bonchev–Trinajstić information content (AvgIpc) is 2.25. The third kappa shape index (κ3) is 3.74. The Labute approximate surface area is 106 Å². The van der Waals surface area contributed by atoms with Crippen LogP contribution in [0.3, 0.4) is 0 Å². The van der Waals surface area contributed by atoms with Crippen molar-refractivity contribution in [1.29, 1.82) is 0 Å². The summed E-state index contributed by atoms with van der Waals surface area (Å²) >= 11 is 0. The number of carboxylic acids is 1. The second-order valence-electron chi connectivity index (χ2n) is 3.32. The van der Waals surface area contributed by atoms with E-state index in [1.165, 1.54) is 0 Å². The molecule has 0 aromatic heterocycles. The molecule has 10 heteroatoms. The number of nitrogens with zero attached hydrogens (tertiary/aromatic N) is 1. The Kier molecular flexibility index (Phi) is 4.24. The molecule has 104 valence electrons. The highest BCUT2D eigenvalue weighted by atomic mass is 32.2. The van der Waals surface area contributed by atoms with Crippen molar-refractivity contribution in [2.75, 3.05) is 5.75 Å². The molecule has 1 aromatic rings. The van der Waals surface area contributed by atoms with E-state index in [2.05, 4.69) is 0 Å². The van der Waals surface area contributed by atoms with E-state index < -0.39 is 49.8 Å². The van der Waals surface area contributed by atoms with Crippen LogP contribution in [-0.2, 0) is 21.8 Å². The molecule has 1 rings (SSSR count). The van der Waals surface area contributed by atoms with Crippen molar-refractivity contribution in [3.8, 4) is 0 Å². The second-order valence-corrected chi connectivity index (χ2v) is 4.74. The van der Waals surface area contributed by atoms with Gasteiger partial charge in [0, 0.05) is 6.07 Å². The molecule has 19 heavy (non-hydrogen) atoms. The predicted octanol–water partition coefficient (Wildman–Crippen LogP) is 1.81. The first-order valence-electron chi connectivity index (χ1n) is 4.58. The van der Waals surface area contributed by atoms with Gasteiger partial charge in [0.05, 0.1) is 21.3 Å². The number of halogens is 3. The van der Waals surface area contributed by atoms with E-state index in [9.17, 15) is 32.3 Å². The third-order valence-electron chi connectivity index (χ3n) is 1.98. The van der Waals surface area contributed by atoms with Gasteiger partial charge in [0.1, 0.15) is 10.6 Å². The Morgan fingerprint density at radius 1 is 1.42 bits per heavy atom. The number of carbonyl (C=O) groups is 1. The van der Waals surface area contributed by atoms with Crippen LogP contribution in [0.15, 0.2) is 23.1 Å². The van der Waals surface area contributed by atoms with E-state index in [0.29, 0.717) is 12.1 Å². The van der Waals surface area contributed by atoms with Crippen molar-refractivity contribution in [1.82, 2.24) is 0 Å². The van der Waals surface area contributed by atoms with Crippen molar-refractivity contribution < 1.29 is 32.2 Å². The van der Waals surface area contributed by atoms with Crippen LogP contribution in [0.2, 0.25) is 0 Å². The summed E-state index contributed by atoms with van der Waals surface area (Å²) in [7, 11) is -2.29. The number of carboxylic acid groups (broad SMARTS) is 1. The van der Waals surface area contributed by atoms with E-state index in [4.69, 9.17) is 5.11 Å². The summed E-state index contributed by atoms with van der Waals surface area (Å²) in [4.78, 5) is 19.3. The number of aliphatic carboxylic acids is 1. The average molecular weight is 297 g/mol. The quantitative estimate of drug-likeness (QED) is 0.675. The molecule has 0 aliphatic rings. The van der Waals surface area contributed by atoms with Gasteiger partial charge in [-0.25, -0.2) is 0 Å². The Balaban J connectivity index is 3.31. The fraction of sp³-hybridized carbons (Fsp3) is 0.222. The maximum absolute atomic E-state index is 12.4. The first kappa shape index (κ1) is 15.1. The number of benzene rings is 1. The summed E-state index contributed by atoms with van der Waals surface area (Å²) in [6.07, 6.45) is -4.78. The van der Waals surface area contributed by atoms with Gasteiger partial charge in [-0.1, -0.05) is 0 Å². The molecule has 1 aromatic carbocycles. The Hall–Kier alpha value is -1.97. The molecule has 6 nitrogen and oxygen atoms in total. The van der Waals surface area contributed by atoms with Gasteiger partial charge < -0.3 is 5.11 Å². The highest BCUT2D eigenvalue weighted by Gasteiger charge is 2.33. The molecule has 0 saturated heterocycles. The monoisotopic (exact) mass is 297 g/mol. The maximum atomic E-state index is 12.4. The first-order valence-corrected chi connectivity index (χ1v) is 5.90.